The van der Waals surface area contributed by atoms with E-state index in [2.05, 4.69) is 15.9 Å². The van der Waals surface area contributed by atoms with Gasteiger partial charge in [0.05, 0.1) is 18.2 Å². The number of aldehydes is 1. The summed E-state index contributed by atoms with van der Waals surface area (Å²) in [4.78, 5) is 11.0. The van der Waals surface area contributed by atoms with Gasteiger partial charge in [0.15, 0.2) is 6.29 Å². The van der Waals surface area contributed by atoms with Crippen LogP contribution in [0.3, 0.4) is 0 Å². The molecule has 2 nitrogen and oxygen atoms in total. The van der Waals surface area contributed by atoms with Crippen LogP contribution in [-0.2, 0) is 6.18 Å². The molecule has 0 saturated carbocycles. The normalized spacial score (nSPS) is 10.6. The Hall–Kier alpha value is -1.82. The van der Waals surface area contributed by atoms with Crippen molar-refractivity contribution in [3.63, 3.8) is 0 Å². The van der Waals surface area contributed by atoms with Crippen molar-refractivity contribution in [2.75, 3.05) is 7.11 Å². The van der Waals surface area contributed by atoms with Crippen molar-refractivity contribution in [3.05, 3.63) is 52.0 Å². The summed E-state index contributed by atoms with van der Waals surface area (Å²) in [5, 5.41) is 0. The standard InChI is InChI=1S/C15H10BrF3O2.C2H6/c1-21-14-5-3-9(6-11(14)8-20)10-2-4-13(16)12(7-10)15(17,18)19;1-2/h2-8H,1H3;1-2H3. The Morgan fingerprint density at radius 2 is 1.61 bits per heavy atom. The third-order valence-corrected chi connectivity index (χ3v) is 3.65. The number of halogens is 4. The van der Waals surface area contributed by atoms with Gasteiger partial charge in [-0.2, -0.15) is 13.2 Å². The lowest BCUT2D eigenvalue weighted by Gasteiger charge is -2.12. The molecule has 2 rings (SSSR count). The summed E-state index contributed by atoms with van der Waals surface area (Å²) < 4.78 is 43.7. The number of methoxy groups -OCH3 is 1. The lowest BCUT2D eigenvalue weighted by Crippen LogP contribution is -2.06. The summed E-state index contributed by atoms with van der Waals surface area (Å²) in [6, 6.07) is 8.58. The van der Waals surface area contributed by atoms with Gasteiger partial charge in [0, 0.05) is 4.47 Å². The highest BCUT2D eigenvalue weighted by Gasteiger charge is 2.33. The first-order chi connectivity index (χ1) is 10.9. The number of benzene rings is 2. The van der Waals surface area contributed by atoms with Crippen LogP contribution in [0.5, 0.6) is 5.75 Å². The van der Waals surface area contributed by atoms with E-state index < -0.39 is 11.7 Å². The highest BCUT2D eigenvalue weighted by atomic mass is 79.9. The maximum Gasteiger partial charge on any atom is 0.417 e. The smallest absolute Gasteiger partial charge is 0.417 e. The van der Waals surface area contributed by atoms with Crippen molar-refractivity contribution < 1.29 is 22.7 Å². The van der Waals surface area contributed by atoms with Crippen LogP contribution in [0, 0.1) is 0 Å². The number of rotatable bonds is 3. The molecule has 0 aliphatic rings. The van der Waals surface area contributed by atoms with E-state index in [1.54, 1.807) is 18.2 Å². The fourth-order valence-electron chi connectivity index (χ4n) is 1.93. The fourth-order valence-corrected chi connectivity index (χ4v) is 2.40. The van der Waals surface area contributed by atoms with Gasteiger partial charge in [-0.05, 0) is 35.4 Å². The lowest BCUT2D eigenvalue weighted by atomic mass is 10.0. The van der Waals surface area contributed by atoms with Crippen LogP contribution in [0.2, 0.25) is 0 Å². The maximum atomic E-state index is 12.9. The summed E-state index contributed by atoms with van der Waals surface area (Å²) in [7, 11) is 1.42. The number of hydrogen-bond donors (Lipinski definition) is 0. The minimum atomic E-state index is -4.45. The number of carbonyl (C=O) groups excluding carboxylic acids is 1. The largest absolute Gasteiger partial charge is 0.496 e. The molecule has 124 valence electrons. The number of alkyl halides is 3. The highest BCUT2D eigenvalue weighted by molar-refractivity contribution is 9.10. The maximum absolute atomic E-state index is 12.9. The molecule has 6 heteroatoms. The zero-order valence-corrected chi connectivity index (χ0v) is 14.5. The predicted molar refractivity (Wildman–Crippen MR) is 87.9 cm³/mol. The Morgan fingerprint density at radius 1 is 1.04 bits per heavy atom. The molecule has 0 saturated heterocycles. The first-order valence-corrected chi connectivity index (χ1v) is 7.66. The van der Waals surface area contributed by atoms with Crippen molar-refractivity contribution in [1.29, 1.82) is 0 Å². The first kappa shape index (κ1) is 19.2. The monoisotopic (exact) mass is 388 g/mol. The summed E-state index contributed by atoms with van der Waals surface area (Å²) in [5.74, 6) is 0.377. The summed E-state index contributed by atoms with van der Waals surface area (Å²) >= 11 is 2.89. The van der Waals surface area contributed by atoms with E-state index in [1.165, 1.54) is 19.2 Å². The molecule has 0 fully saturated rings. The third-order valence-electron chi connectivity index (χ3n) is 2.96. The van der Waals surface area contributed by atoms with Crippen molar-refractivity contribution >= 4 is 22.2 Å². The van der Waals surface area contributed by atoms with Gasteiger partial charge in [-0.15, -0.1) is 0 Å². The average molecular weight is 389 g/mol. The second kappa shape index (κ2) is 8.15. The second-order valence-electron chi connectivity index (χ2n) is 4.27. The van der Waals surface area contributed by atoms with Gasteiger partial charge >= 0.3 is 6.18 Å². The third kappa shape index (κ3) is 4.58. The molecule has 0 aliphatic carbocycles. The van der Waals surface area contributed by atoms with Gasteiger partial charge in [0.2, 0.25) is 0 Å². The Balaban J connectivity index is 0.00000127. The van der Waals surface area contributed by atoms with Crippen molar-refractivity contribution in [3.8, 4) is 16.9 Å². The average Bonchev–Trinajstić information content (AvgIpc) is 2.55. The van der Waals surface area contributed by atoms with Gasteiger partial charge in [-0.1, -0.05) is 41.9 Å². The molecule has 0 amide bonds. The molecule has 0 spiro atoms. The Morgan fingerprint density at radius 3 is 2.13 bits per heavy atom. The van der Waals surface area contributed by atoms with Crippen LogP contribution >= 0.6 is 15.9 Å². The van der Waals surface area contributed by atoms with E-state index in [0.717, 1.165) is 6.07 Å². The second-order valence-corrected chi connectivity index (χ2v) is 5.12. The molecule has 0 aliphatic heterocycles. The van der Waals surface area contributed by atoms with E-state index >= 15 is 0 Å². The summed E-state index contributed by atoms with van der Waals surface area (Å²) in [5.41, 5.74) is 0.405. The van der Waals surface area contributed by atoms with Crippen LogP contribution in [0.4, 0.5) is 13.2 Å². The zero-order valence-electron chi connectivity index (χ0n) is 12.9. The minimum absolute atomic E-state index is 0.0251. The molecule has 0 N–H and O–H groups in total. The lowest BCUT2D eigenvalue weighted by molar-refractivity contribution is -0.138. The molecular formula is C17H16BrF3O2. The van der Waals surface area contributed by atoms with Gasteiger partial charge in [0.25, 0.3) is 0 Å². The molecule has 0 heterocycles. The number of carbonyl (C=O) groups is 1. The van der Waals surface area contributed by atoms with Crippen LogP contribution in [0.15, 0.2) is 40.9 Å². The Kier molecular flexibility index (Phi) is 6.81. The van der Waals surface area contributed by atoms with Gasteiger partial charge in [0.1, 0.15) is 5.75 Å². The number of ether oxygens (including phenoxy) is 1. The van der Waals surface area contributed by atoms with E-state index in [9.17, 15) is 18.0 Å². The van der Waals surface area contributed by atoms with Crippen LogP contribution < -0.4 is 4.74 Å². The van der Waals surface area contributed by atoms with Crippen molar-refractivity contribution in [2.24, 2.45) is 0 Å². The van der Waals surface area contributed by atoms with E-state index in [0.29, 0.717) is 23.2 Å². The predicted octanol–water partition coefficient (Wildman–Crippen LogP) is 5.98. The minimum Gasteiger partial charge on any atom is -0.496 e. The van der Waals surface area contributed by atoms with Gasteiger partial charge in [-0.3, -0.25) is 4.79 Å². The Bertz CT molecular complexity index is 682. The number of hydrogen-bond acceptors (Lipinski definition) is 2. The quantitative estimate of drug-likeness (QED) is 0.604. The van der Waals surface area contributed by atoms with Crippen LogP contribution in [0.25, 0.3) is 11.1 Å². The summed E-state index contributed by atoms with van der Waals surface area (Å²) in [6.45, 7) is 4.00. The van der Waals surface area contributed by atoms with Gasteiger partial charge < -0.3 is 4.74 Å². The highest BCUT2D eigenvalue weighted by Crippen LogP contribution is 2.37. The van der Waals surface area contributed by atoms with E-state index in [-0.39, 0.29) is 10.0 Å². The zero-order chi connectivity index (χ0) is 17.6. The van der Waals surface area contributed by atoms with Crippen molar-refractivity contribution in [1.82, 2.24) is 0 Å². The van der Waals surface area contributed by atoms with Crippen molar-refractivity contribution in [2.45, 2.75) is 20.0 Å². The van der Waals surface area contributed by atoms with Gasteiger partial charge in [-0.25, -0.2) is 0 Å². The van der Waals surface area contributed by atoms with E-state index in [4.69, 9.17) is 4.74 Å². The van der Waals surface area contributed by atoms with Crippen LogP contribution in [-0.4, -0.2) is 13.4 Å². The molecule has 0 bridgehead atoms. The molecule has 23 heavy (non-hydrogen) atoms. The molecule has 0 aromatic heterocycles. The molecule has 2 aromatic carbocycles. The van der Waals surface area contributed by atoms with E-state index in [1.807, 2.05) is 13.8 Å². The molecule has 2 aromatic rings. The molecule has 0 unspecified atom stereocenters. The molecular weight excluding hydrogens is 373 g/mol. The topological polar surface area (TPSA) is 26.3 Å². The fraction of sp³-hybridized carbons (Fsp3) is 0.235. The SMILES string of the molecule is CC.COc1ccc(-c2ccc(Br)c(C(F)(F)F)c2)cc1C=O. The van der Waals surface area contributed by atoms with Crippen LogP contribution in [0.1, 0.15) is 29.8 Å². The molecule has 0 radical (unpaired) electrons. The molecule has 0 atom stereocenters. The first-order valence-electron chi connectivity index (χ1n) is 6.87. The summed E-state index contributed by atoms with van der Waals surface area (Å²) in [6.07, 6.45) is -3.85. The Labute approximate surface area is 141 Å².